The SMILES string of the molecule is O=C(Nc1nc(CSc2ccccc2)cs1)c1ccc(S(=O)(=O)N2CCCC2)cc1. The van der Waals surface area contributed by atoms with E-state index in [1.165, 1.54) is 44.8 Å². The number of nitrogens with zero attached hydrogens (tertiary/aromatic N) is 2. The van der Waals surface area contributed by atoms with Gasteiger partial charge in [0.15, 0.2) is 5.13 Å². The van der Waals surface area contributed by atoms with Gasteiger partial charge in [0.2, 0.25) is 10.0 Å². The van der Waals surface area contributed by atoms with E-state index < -0.39 is 10.0 Å². The summed E-state index contributed by atoms with van der Waals surface area (Å²) in [6.07, 6.45) is 1.78. The van der Waals surface area contributed by atoms with Gasteiger partial charge in [0.25, 0.3) is 5.91 Å². The quantitative estimate of drug-likeness (QED) is 0.527. The Morgan fingerprint density at radius 1 is 1.07 bits per heavy atom. The topological polar surface area (TPSA) is 79.4 Å². The minimum absolute atomic E-state index is 0.218. The molecule has 3 aromatic rings. The summed E-state index contributed by atoms with van der Waals surface area (Å²) in [5.41, 5.74) is 1.29. The molecule has 0 saturated carbocycles. The molecule has 0 unspecified atom stereocenters. The largest absolute Gasteiger partial charge is 0.298 e. The molecule has 0 radical (unpaired) electrons. The molecule has 156 valence electrons. The van der Waals surface area contributed by atoms with E-state index in [1.54, 1.807) is 11.8 Å². The summed E-state index contributed by atoms with van der Waals surface area (Å²) in [7, 11) is -3.48. The van der Waals surface area contributed by atoms with Crippen molar-refractivity contribution in [3.05, 3.63) is 71.2 Å². The molecule has 1 amide bonds. The molecule has 4 rings (SSSR count). The Hall–Kier alpha value is -2.20. The van der Waals surface area contributed by atoms with E-state index in [4.69, 9.17) is 0 Å². The monoisotopic (exact) mass is 459 g/mol. The Morgan fingerprint density at radius 3 is 2.47 bits per heavy atom. The van der Waals surface area contributed by atoms with Crippen LogP contribution in [-0.4, -0.2) is 36.7 Å². The second-order valence-corrected chi connectivity index (χ2v) is 10.7. The first kappa shape index (κ1) is 21.0. The van der Waals surface area contributed by atoms with Gasteiger partial charge < -0.3 is 0 Å². The van der Waals surface area contributed by atoms with Gasteiger partial charge in [0.05, 0.1) is 10.6 Å². The van der Waals surface area contributed by atoms with E-state index >= 15 is 0 Å². The Morgan fingerprint density at radius 2 is 1.77 bits per heavy atom. The fraction of sp³-hybridized carbons (Fsp3) is 0.238. The second-order valence-electron chi connectivity index (χ2n) is 6.84. The molecule has 2 aromatic carbocycles. The van der Waals surface area contributed by atoms with Crippen LogP contribution in [0.25, 0.3) is 0 Å². The summed E-state index contributed by atoms with van der Waals surface area (Å²) in [4.78, 5) is 18.4. The number of hydrogen-bond acceptors (Lipinski definition) is 6. The number of benzene rings is 2. The van der Waals surface area contributed by atoms with Crippen molar-refractivity contribution in [3.8, 4) is 0 Å². The highest BCUT2D eigenvalue weighted by Gasteiger charge is 2.27. The van der Waals surface area contributed by atoms with Crippen LogP contribution in [0, 0.1) is 0 Å². The molecule has 9 heteroatoms. The van der Waals surface area contributed by atoms with Gasteiger partial charge in [-0.25, -0.2) is 13.4 Å². The Bertz CT molecular complexity index is 1110. The number of nitrogens with one attached hydrogen (secondary N) is 1. The number of amides is 1. The van der Waals surface area contributed by atoms with Crippen LogP contribution in [0.5, 0.6) is 0 Å². The van der Waals surface area contributed by atoms with Gasteiger partial charge in [-0.3, -0.25) is 10.1 Å². The van der Waals surface area contributed by atoms with E-state index in [2.05, 4.69) is 10.3 Å². The van der Waals surface area contributed by atoms with Crippen molar-refractivity contribution in [2.45, 2.75) is 28.4 Å². The normalized spacial score (nSPS) is 14.7. The molecule has 1 aliphatic heterocycles. The van der Waals surface area contributed by atoms with Crippen LogP contribution in [0.15, 0.2) is 69.8 Å². The van der Waals surface area contributed by atoms with E-state index in [1.807, 2.05) is 35.7 Å². The predicted octanol–water partition coefficient (Wildman–Crippen LogP) is 4.47. The lowest BCUT2D eigenvalue weighted by atomic mass is 10.2. The van der Waals surface area contributed by atoms with Crippen LogP contribution < -0.4 is 5.32 Å². The van der Waals surface area contributed by atoms with Gasteiger partial charge in [-0.2, -0.15) is 4.31 Å². The number of thioether (sulfide) groups is 1. The van der Waals surface area contributed by atoms with Crippen LogP contribution >= 0.6 is 23.1 Å². The number of hydrogen-bond donors (Lipinski definition) is 1. The van der Waals surface area contributed by atoms with Crippen LogP contribution in [0.1, 0.15) is 28.9 Å². The number of carbonyl (C=O) groups excluding carboxylic acids is 1. The molecule has 2 heterocycles. The zero-order valence-corrected chi connectivity index (χ0v) is 18.6. The molecule has 0 aliphatic carbocycles. The number of rotatable bonds is 7. The molecule has 0 bridgehead atoms. The number of carbonyl (C=O) groups is 1. The molecule has 1 aliphatic rings. The molecule has 0 spiro atoms. The highest BCUT2D eigenvalue weighted by atomic mass is 32.2. The first-order valence-corrected chi connectivity index (χ1v) is 12.9. The van der Waals surface area contributed by atoms with Gasteiger partial charge in [0, 0.05) is 34.7 Å². The average molecular weight is 460 g/mol. The predicted molar refractivity (Wildman–Crippen MR) is 121 cm³/mol. The lowest BCUT2D eigenvalue weighted by Crippen LogP contribution is -2.27. The van der Waals surface area contributed by atoms with Gasteiger partial charge in [0.1, 0.15) is 0 Å². The van der Waals surface area contributed by atoms with Crippen LogP contribution in [0.2, 0.25) is 0 Å². The molecule has 6 nitrogen and oxygen atoms in total. The zero-order valence-electron chi connectivity index (χ0n) is 16.2. The lowest BCUT2D eigenvalue weighted by Gasteiger charge is -2.15. The Kier molecular flexibility index (Phi) is 6.52. The lowest BCUT2D eigenvalue weighted by molar-refractivity contribution is 0.102. The zero-order chi connectivity index (χ0) is 21.0. The highest BCUT2D eigenvalue weighted by molar-refractivity contribution is 7.98. The molecular weight excluding hydrogens is 438 g/mol. The standard InChI is InChI=1S/C21H21N3O3S3/c25-20(16-8-10-19(11-9-16)30(26,27)24-12-4-5-13-24)23-21-22-17(15-29-21)14-28-18-6-2-1-3-7-18/h1-3,6-11,15H,4-5,12-14H2,(H,22,23,25). The summed E-state index contributed by atoms with van der Waals surface area (Å²) in [6, 6.07) is 16.1. The van der Waals surface area contributed by atoms with Crippen molar-refractivity contribution in [1.82, 2.24) is 9.29 Å². The summed E-state index contributed by atoms with van der Waals surface area (Å²) in [5.74, 6) is 0.413. The highest BCUT2D eigenvalue weighted by Crippen LogP contribution is 2.25. The molecule has 0 atom stereocenters. The number of sulfonamides is 1. The van der Waals surface area contributed by atoms with Gasteiger partial charge in [-0.05, 0) is 49.2 Å². The third-order valence-corrected chi connectivity index (χ3v) is 8.49. The van der Waals surface area contributed by atoms with Crippen LogP contribution in [0.4, 0.5) is 5.13 Å². The summed E-state index contributed by atoms with van der Waals surface area (Å²) < 4.78 is 26.7. The fourth-order valence-corrected chi connectivity index (χ4v) is 6.27. The van der Waals surface area contributed by atoms with Crippen LogP contribution in [-0.2, 0) is 15.8 Å². The van der Waals surface area contributed by atoms with Crippen molar-refractivity contribution in [2.24, 2.45) is 0 Å². The third kappa shape index (κ3) is 4.92. The first-order valence-electron chi connectivity index (χ1n) is 9.56. The summed E-state index contributed by atoms with van der Waals surface area (Å²) in [6.45, 7) is 1.11. The number of thiazole rings is 1. The van der Waals surface area contributed by atoms with Crippen LogP contribution in [0.3, 0.4) is 0 Å². The third-order valence-electron chi connectivity index (χ3n) is 4.72. The molecule has 1 N–H and O–H groups in total. The fourth-order valence-electron chi connectivity index (χ4n) is 3.13. The minimum Gasteiger partial charge on any atom is -0.298 e. The molecule has 1 fully saturated rings. The van der Waals surface area contributed by atoms with Crippen molar-refractivity contribution in [3.63, 3.8) is 0 Å². The minimum atomic E-state index is -3.48. The molecule has 30 heavy (non-hydrogen) atoms. The maximum absolute atomic E-state index is 12.6. The Labute approximate surface area is 184 Å². The average Bonchev–Trinajstić information content (AvgIpc) is 3.46. The van der Waals surface area contributed by atoms with E-state index in [-0.39, 0.29) is 10.8 Å². The van der Waals surface area contributed by atoms with Crippen molar-refractivity contribution in [1.29, 1.82) is 0 Å². The molecule has 1 saturated heterocycles. The molecular formula is C21H21N3O3S3. The first-order chi connectivity index (χ1) is 14.5. The summed E-state index contributed by atoms with van der Waals surface area (Å²) in [5, 5.41) is 5.24. The maximum Gasteiger partial charge on any atom is 0.257 e. The number of aromatic nitrogens is 1. The van der Waals surface area contributed by atoms with E-state index in [9.17, 15) is 13.2 Å². The maximum atomic E-state index is 12.6. The van der Waals surface area contributed by atoms with Crippen molar-refractivity contribution in [2.75, 3.05) is 18.4 Å². The smallest absolute Gasteiger partial charge is 0.257 e. The van der Waals surface area contributed by atoms with Crippen molar-refractivity contribution >= 4 is 44.2 Å². The van der Waals surface area contributed by atoms with E-state index in [0.717, 1.165) is 24.3 Å². The number of anilines is 1. The molecule has 1 aromatic heterocycles. The van der Waals surface area contributed by atoms with E-state index in [0.29, 0.717) is 23.8 Å². The van der Waals surface area contributed by atoms with Gasteiger partial charge in [-0.15, -0.1) is 23.1 Å². The summed E-state index contributed by atoms with van der Waals surface area (Å²) >= 11 is 3.06. The van der Waals surface area contributed by atoms with Crippen molar-refractivity contribution < 1.29 is 13.2 Å². The second kappa shape index (κ2) is 9.30. The van der Waals surface area contributed by atoms with Gasteiger partial charge >= 0.3 is 0 Å². The van der Waals surface area contributed by atoms with Gasteiger partial charge in [-0.1, -0.05) is 18.2 Å². The Balaban J connectivity index is 1.36.